The molecule has 21 heavy (non-hydrogen) atoms. The van der Waals surface area contributed by atoms with Crippen LogP contribution in [0.4, 0.5) is 4.39 Å². The standard InChI is InChI=1S/C16H17FN2OS/c17-12-3-1-11(2-4-12)14-5-6-15(21-14)16(20)19-13-7-9-18-10-8-13/h1-6,13,18H,7-10H2,(H,19,20). The first-order chi connectivity index (χ1) is 10.2. The molecular formula is C16H17FN2OS. The van der Waals surface area contributed by atoms with E-state index in [4.69, 9.17) is 0 Å². The van der Waals surface area contributed by atoms with Gasteiger partial charge in [0, 0.05) is 10.9 Å². The summed E-state index contributed by atoms with van der Waals surface area (Å²) in [7, 11) is 0. The normalized spacial score (nSPS) is 15.9. The average molecular weight is 304 g/mol. The Kier molecular flexibility index (Phi) is 4.31. The van der Waals surface area contributed by atoms with E-state index in [0.29, 0.717) is 4.88 Å². The number of carbonyl (C=O) groups excluding carboxylic acids is 1. The fraction of sp³-hybridized carbons (Fsp3) is 0.312. The summed E-state index contributed by atoms with van der Waals surface area (Å²) in [6.07, 6.45) is 1.95. The number of carbonyl (C=O) groups is 1. The summed E-state index contributed by atoms with van der Waals surface area (Å²) in [5.74, 6) is -0.264. The number of benzene rings is 1. The first kappa shape index (κ1) is 14.2. The Morgan fingerprint density at radius 1 is 1.14 bits per heavy atom. The second kappa shape index (κ2) is 6.37. The minimum absolute atomic E-state index is 0.0136. The zero-order valence-corrected chi connectivity index (χ0v) is 12.4. The fourth-order valence-corrected chi connectivity index (χ4v) is 3.37. The van der Waals surface area contributed by atoms with Crippen molar-refractivity contribution in [3.8, 4) is 10.4 Å². The van der Waals surface area contributed by atoms with Gasteiger partial charge >= 0.3 is 0 Å². The average Bonchev–Trinajstić information content (AvgIpc) is 2.99. The highest BCUT2D eigenvalue weighted by molar-refractivity contribution is 7.17. The number of piperidine rings is 1. The van der Waals surface area contributed by atoms with Gasteiger partial charge in [-0.25, -0.2) is 4.39 Å². The lowest BCUT2D eigenvalue weighted by atomic mass is 10.1. The van der Waals surface area contributed by atoms with Gasteiger partial charge in [0.2, 0.25) is 0 Å². The molecule has 1 aromatic carbocycles. The monoisotopic (exact) mass is 304 g/mol. The van der Waals surface area contributed by atoms with Crippen LogP contribution < -0.4 is 10.6 Å². The predicted molar refractivity (Wildman–Crippen MR) is 83.1 cm³/mol. The molecule has 1 aliphatic heterocycles. The molecule has 0 unspecified atom stereocenters. The molecule has 1 aliphatic rings. The van der Waals surface area contributed by atoms with Gasteiger partial charge in [-0.05, 0) is 55.8 Å². The van der Waals surface area contributed by atoms with E-state index in [1.165, 1.54) is 23.5 Å². The number of thiophene rings is 1. The number of hydrogen-bond donors (Lipinski definition) is 2. The van der Waals surface area contributed by atoms with Crippen LogP contribution in [0.5, 0.6) is 0 Å². The van der Waals surface area contributed by atoms with Crippen molar-refractivity contribution in [2.24, 2.45) is 0 Å². The Morgan fingerprint density at radius 2 is 1.86 bits per heavy atom. The number of amides is 1. The highest BCUT2D eigenvalue weighted by Gasteiger charge is 2.17. The lowest BCUT2D eigenvalue weighted by molar-refractivity contribution is 0.0933. The van der Waals surface area contributed by atoms with Crippen LogP contribution in [-0.2, 0) is 0 Å². The van der Waals surface area contributed by atoms with Crippen molar-refractivity contribution < 1.29 is 9.18 Å². The van der Waals surface area contributed by atoms with Gasteiger partial charge in [0.15, 0.2) is 0 Å². The van der Waals surface area contributed by atoms with Crippen molar-refractivity contribution in [1.29, 1.82) is 0 Å². The topological polar surface area (TPSA) is 41.1 Å². The molecule has 0 aliphatic carbocycles. The van der Waals surface area contributed by atoms with Gasteiger partial charge in [0.1, 0.15) is 5.82 Å². The maximum atomic E-state index is 12.9. The van der Waals surface area contributed by atoms with Gasteiger partial charge in [-0.2, -0.15) is 0 Å². The van der Waals surface area contributed by atoms with Crippen LogP contribution in [0.15, 0.2) is 36.4 Å². The van der Waals surface area contributed by atoms with Crippen LogP contribution >= 0.6 is 11.3 Å². The van der Waals surface area contributed by atoms with Crippen molar-refractivity contribution in [2.45, 2.75) is 18.9 Å². The summed E-state index contributed by atoms with van der Waals surface area (Å²) in [6.45, 7) is 1.91. The summed E-state index contributed by atoms with van der Waals surface area (Å²) < 4.78 is 12.9. The Hall–Kier alpha value is -1.72. The first-order valence-electron chi connectivity index (χ1n) is 7.10. The summed E-state index contributed by atoms with van der Waals surface area (Å²) in [5.41, 5.74) is 0.933. The molecule has 0 atom stereocenters. The van der Waals surface area contributed by atoms with Crippen molar-refractivity contribution >= 4 is 17.2 Å². The molecule has 2 N–H and O–H groups in total. The molecule has 2 heterocycles. The van der Waals surface area contributed by atoms with E-state index in [-0.39, 0.29) is 17.8 Å². The Labute approximate surface area is 127 Å². The summed E-state index contributed by atoms with van der Waals surface area (Å²) >= 11 is 1.44. The number of hydrogen-bond acceptors (Lipinski definition) is 3. The molecule has 3 rings (SSSR count). The highest BCUT2D eigenvalue weighted by atomic mass is 32.1. The van der Waals surface area contributed by atoms with E-state index in [0.717, 1.165) is 36.4 Å². The summed E-state index contributed by atoms with van der Waals surface area (Å²) in [5, 5.41) is 6.36. The molecular weight excluding hydrogens is 287 g/mol. The molecule has 1 amide bonds. The quantitative estimate of drug-likeness (QED) is 0.915. The maximum absolute atomic E-state index is 12.9. The lowest BCUT2D eigenvalue weighted by Gasteiger charge is -2.23. The summed E-state index contributed by atoms with van der Waals surface area (Å²) in [4.78, 5) is 13.9. The molecule has 1 fully saturated rings. The van der Waals surface area contributed by atoms with Crippen LogP contribution in [-0.4, -0.2) is 25.0 Å². The zero-order valence-electron chi connectivity index (χ0n) is 11.6. The lowest BCUT2D eigenvalue weighted by Crippen LogP contribution is -2.42. The molecule has 0 bridgehead atoms. The van der Waals surface area contributed by atoms with Crippen LogP contribution in [0.3, 0.4) is 0 Å². The minimum Gasteiger partial charge on any atom is -0.349 e. The van der Waals surface area contributed by atoms with Crippen LogP contribution in [0.1, 0.15) is 22.5 Å². The molecule has 110 valence electrons. The zero-order chi connectivity index (χ0) is 14.7. The number of rotatable bonds is 3. The van der Waals surface area contributed by atoms with Gasteiger partial charge in [0.05, 0.1) is 4.88 Å². The Balaban J connectivity index is 1.69. The van der Waals surface area contributed by atoms with Crippen LogP contribution in [0.25, 0.3) is 10.4 Å². The van der Waals surface area contributed by atoms with E-state index in [1.54, 1.807) is 12.1 Å². The third-order valence-electron chi connectivity index (χ3n) is 3.63. The molecule has 1 saturated heterocycles. The van der Waals surface area contributed by atoms with Crippen LogP contribution in [0, 0.1) is 5.82 Å². The van der Waals surface area contributed by atoms with Gasteiger partial charge in [0.25, 0.3) is 5.91 Å². The smallest absolute Gasteiger partial charge is 0.261 e. The van der Waals surface area contributed by atoms with Gasteiger partial charge < -0.3 is 10.6 Å². The van der Waals surface area contributed by atoms with E-state index < -0.39 is 0 Å². The van der Waals surface area contributed by atoms with Crippen molar-refractivity contribution in [2.75, 3.05) is 13.1 Å². The largest absolute Gasteiger partial charge is 0.349 e. The molecule has 0 radical (unpaired) electrons. The van der Waals surface area contributed by atoms with Crippen molar-refractivity contribution in [1.82, 2.24) is 10.6 Å². The first-order valence-corrected chi connectivity index (χ1v) is 7.91. The molecule has 1 aromatic heterocycles. The molecule has 5 heteroatoms. The predicted octanol–water partition coefficient (Wildman–Crippen LogP) is 3.04. The minimum atomic E-state index is -0.251. The number of nitrogens with one attached hydrogen (secondary N) is 2. The van der Waals surface area contributed by atoms with Crippen molar-refractivity contribution in [3.63, 3.8) is 0 Å². The van der Waals surface area contributed by atoms with Gasteiger partial charge in [-0.3, -0.25) is 4.79 Å². The Bertz CT molecular complexity index is 617. The SMILES string of the molecule is O=C(NC1CCNCC1)c1ccc(-c2ccc(F)cc2)s1. The Morgan fingerprint density at radius 3 is 2.57 bits per heavy atom. The third kappa shape index (κ3) is 3.49. The highest BCUT2D eigenvalue weighted by Crippen LogP contribution is 2.28. The van der Waals surface area contributed by atoms with E-state index in [9.17, 15) is 9.18 Å². The third-order valence-corrected chi connectivity index (χ3v) is 4.77. The van der Waals surface area contributed by atoms with Gasteiger partial charge in [-0.15, -0.1) is 11.3 Å². The van der Waals surface area contributed by atoms with E-state index in [1.807, 2.05) is 12.1 Å². The summed E-state index contributed by atoms with van der Waals surface area (Å²) in [6, 6.07) is 10.3. The second-order valence-corrected chi connectivity index (χ2v) is 6.25. The number of halogens is 1. The molecule has 2 aromatic rings. The van der Waals surface area contributed by atoms with E-state index in [2.05, 4.69) is 10.6 Å². The van der Waals surface area contributed by atoms with E-state index >= 15 is 0 Å². The fourth-order valence-electron chi connectivity index (χ4n) is 2.45. The van der Waals surface area contributed by atoms with Crippen molar-refractivity contribution in [3.05, 3.63) is 47.1 Å². The van der Waals surface area contributed by atoms with Gasteiger partial charge in [-0.1, -0.05) is 12.1 Å². The molecule has 0 spiro atoms. The maximum Gasteiger partial charge on any atom is 0.261 e. The molecule has 0 saturated carbocycles. The second-order valence-electron chi connectivity index (χ2n) is 5.17. The van der Waals surface area contributed by atoms with Crippen LogP contribution in [0.2, 0.25) is 0 Å². The molecule has 3 nitrogen and oxygen atoms in total.